The van der Waals surface area contributed by atoms with Crippen molar-refractivity contribution in [1.82, 2.24) is 4.98 Å². The molecule has 4 aromatic rings. The smallest absolute Gasteiger partial charge is 0.312 e. The summed E-state index contributed by atoms with van der Waals surface area (Å²) in [6.07, 6.45) is -1.14. The van der Waals surface area contributed by atoms with Crippen LogP contribution in [-0.4, -0.2) is 21.2 Å². The zero-order valence-corrected chi connectivity index (χ0v) is 16.1. The van der Waals surface area contributed by atoms with Crippen LogP contribution < -0.4 is 0 Å². The molecule has 0 saturated carbocycles. The molecule has 2 N–H and O–H groups in total. The maximum atomic E-state index is 11.4. The number of aliphatic carboxylic acids is 1. The van der Waals surface area contributed by atoms with E-state index in [-0.39, 0.29) is 0 Å². The van der Waals surface area contributed by atoms with E-state index in [4.69, 9.17) is 16.0 Å². The fraction of sp³-hybridized carbons (Fsp3) is 0.182. The fourth-order valence-electron chi connectivity index (χ4n) is 3.12. The summed E-state index contributed by atoms with van der Waals surface area (Å²) in [5.41, 5.74) is 1.28. The Morgan fingerprint density at radius 2 is 1.82 bits per heavy atom. The van der Waals surface area contributed by atoms with E-state index in [1.807, 2.05) is 30.3 Å². The van der Waals surface area contributed by atoms with Gasteiger partial charge in [-0.25, -0.2) is 4.98 Å². The molecule has 0 aliphatic carbocycles. The van der Waals surface area contributed by atoms with Crippen LogP contribution in [0.15, 0.2) is 59.0 Å². The number of pyridine rings is 1. The Morgan fingerprint density at radius 3 is 2.57 bits per heavy atom. The van der Waals surface area contributed by atoms with Crippen molar-refractivity contribution in [3.05, 3.63) is 65.2 Å². The molecule has 6 heteroatoms. The molecule has 2 aromatic carbocycles. The first-order valence-corrected chi connectivity index (χ1v) is 9.15. The molecule has 0 saturated heterocycles. The Labute approximate surface area is 166 Å². The second-order valence-electron chi connectivity index (χ2n) is 7.37. The number of fused-ring (bicyclic) bond motifs is 2. The van der Waals surface area contributed by atoms with Crippen molar-refractivity contribution in [3.8, 4) is 11.5 Å². The Bertz CT molecular complexity index is 1210. The maximum absolute atomic E-state index is 11.4. The number of rotatable bonds is 4. The van der Waals surface area contributed by atoms with Gasteiger partial charge in [-0.05, 0) is 55.8 Å². The van der Waals surface area contributed by atoms with E-state index in [2.05, 4.69) is 4.98 Å². The maximum Gasteiger partial charge on any atom is 0.312 e. The summed E-state index contributed by atoms with van der Waals surface area (Å²) in [5.74, 6) is -0.479. The second kappa shape index (κ2) is 6.62. The summed E-state index contributed by atoms with van der Waals surface area (Å²) >= 11 is 6.06. The van der Waals surface area contributed by atoms with Gasteiger partial charge in [-0.1, -0.05) is 29.8 Å². The van der Waals surface area contributed by atoms with Crippen molar-refractivity contribution in [2.24, 2.45) is 5.41 Å². The minimum Gasteiger partial charge on any atom is -0.481 e. The molecule has 0 aliphatic heterocycles. The van der Waals surface area contributed by atoms with Gasteiger partial charge < -0.3 is 14.6 Å². The minimum atomic E-state index is -1.31. The molecule has 142 valence electrons. The van der Waals surface area contributed by atoms with Gasteiger partial charge in [0.1, 0.15) is 11.3 Å². The van der Waals surface area contributed by atoms with E-state index in [0.29, 0.717) is 27.6 Å². The number of aromatic nitrogens is 1. The molecule has 1 atom stereocenters. The normalized spacial score (nSPS) is 13.1. The first-order chi connectivity index (χ1) is 13.3. The van der Waals surface area contributed by atoms with Gasteiger partial charge in [-0.15, -0.1) is 0 Å². The van der Waals surface area contributed by atoms with Crippen LogP contribution in [0.5, 0.6) is 0 Å². The number of aliphatic hydroxyl groups is 1. The van der Waals surface area contributed by atoms with Gasteiger partial charge >= 0.3 is 5.97 Å². The lowest BCUT2D eigenvalue weighted by Gasteiger charge is -2.26. The number of nitrogens with zero attached hydrogens (tertiary/aromatic N) is 1. The fourth-order valence-corrected chi connectivity index (χ4v) is 3.29. The largest absolute Gasteiger partial charge is 0.481 e. The first-order valence-electron chi connectivity index (χ1n) is 8.77. The molecule has 0 amide bonds. The van der Waals surface area contributed by atoms with Crippen molar-refractivity contribution in [3.63, 3.8) is 0 Å². The highest BCUT2D eigenvalue weighted by Crippen LogP contribution is 2.36. The first kappa shape index (κ1) is 18.5. The van der Waals surface area contributed by atoms with Crippen LogP contribution in [0.1, 0.15) is 25.5 Å². The highest BCUT2D eigenvalue weighted by molar-refractivity contribution is 6.31. The summed E-state index contributed by atoms with van der Waals surface area (Å²) in [7, 11) is 0. The van der Waals surface area contributed by atoms with Crippen LogP contribution in [0.3, 0.4) is 0 Å². The number of carbonyl (C=O) groups is 1. The third-order valence-corrected chi connectivity index (χ3v) is 5.23. The van der Waals surface area contributed by atoms with E-state index >= 15 is 0 Å². The summed E-state index contributed by atoms with van der Waals surface area (Å²) < 4.78 is 5.91. The monoisotopic (exact) mass is 395 g/mol. The molecular formula is C22H18ClNO4. The molecule has 2 heterocycles. The lowest BCUT2D eigenvalue weighted by Crippen LogP contribution is -2.31. The van der Waals surface area contributed by atoms with Crippen molar-refractivity contribution in [1.29, 1.82) is 0 Å². The SMILES string of the molecule is CC(C)(C(=O)O)C(O)c1ccc2oc(-c3ccc4ccc(Cl)cc4n3)cc2c1. The average Bonchev–Trinajstić information content (AvgIpc) is 3.09. The van der Waals surface area contributed by atoms with Crippen LogP contribution in [0.4, 0.5) is 0 Å². The molecule has 2 aromatic heterocycles. The molecule has 5 nitrogen and oxygen atoms in total. The number of carboxylic acid groups (broad SMARTS) is 1. The van der Waals surface area contributed by atoms with E-state index < -0.39 is 17.5 Å². The summed E-state index contributed by atoms with van der Waals surface area (Å²) in [4.78, 5) is 16.0. The predicted molar refractivity (Wildman–Crippen MR) is 108 cm³/mol. The number of hydrogen-bond acceptors (Lipinski definition) is 4. The molecule has 0 bridgehead atoms. The van der Waals surface area contributed by atoms with Crippen LogP contribution in [-0.2, 0) is 4.79 Å². The molecule has 0 radical (unpaired) electrons. The quantitative estimate of drug-likeness (QED) is 0.480. The van der Waals surface area contributed by atoms with E-state index in [9.17, 15) is 15.0 Å². The molecule has 4 rings (SSSR count). The van der Waals surface area contributed by atoms with Gasteiger partial charge in [0.2, 0.25) is 0 Å². The van der Waals surface area contributed by atoms with Crippen molar-refractivity contribution >= 4 is 39.4 Å². The summed E-state index contributed by atoms with van der Waals surface area (Å²) in [6, 6.07) is 16.3. The summed E-state index contributed by atoms with van der Waals surface area (Å²) in [6.45, 7) is 2.99. The second-order valence-corrected chi connectivity index (χ2v) is 7.81. The average molecular weight is 396 g/mol. The van der Waals surface area contributed by atoms with Crippen molar-refractivity contribution in [2.75, 3.05) is 0 Å². The number of aliphatic hydroxyl groups excluding tert-OH is 1. The van der Waals surface area contributed by atoms with Gasteiger partial charge in [0.25, 0.3) is 0 Å². The molecule has 0 fully saturated rings. The standard InChI is InChI=1S/C22H18ClNO4/c1-22(2,21(26)27)20(25)13-5-8-18-14(9-13)10-19(28-18)16-7-4-12-3-6-15(23)11-17(12)24-16/h3-11,20,25H,1-2H3,(H,26,27). The predicted octanol–water partition coefficient (Wildman–Crippen LogP) is 5.45. The zero-order chi connectivity index (χ0) is 20.1. The zero-order valence-electron chi connectivity index (χ0n) is 15.3. The van der Waals surface area contributed by atoms with Gasteiger partial charge in [0, 0.05) is 15.8 Å². The van der Waals surface area contributed by atoms with Crippen LogP contribution in [0, 0.1) is 5.41 Å². The van der Waals surface area contributed by atoms with Crippen LogP contribution >= 0.6 is 11.6 Å². The van der Waals surface area contributed by atoms with E-state index in [0.717, 1.165) is 16.3 Å². The Morgan fingerprint density at radius 1 is 1.07 bits per heavy atom. The lowest BCUT2D eigenvalue weighted by molar-refractivity contribution is -0.153. The molecule has 0 spiro atoms. The Hall–Kier alpha value is -2.89. The molecule has 1 unspecified atom stereocenters. The number of carboxylic acids is 1. The Balaban J connectivity index is 1.75. The number of benzene rings is 2. The van der Waals surface area contributed by atoms with E-state index in [1.165, 1.54) is 13.8 Å². The van der Waals surface area contributed by atoms with Gasteiger partial charge in [-0.3, -0.25) is 4.79 Å². The molecule has 28 heavy (non-hydrogen) atoms. The van der Waals surface area contributed by atoms with Crippen LogP contribution in [0.2, 0.25) is 5.02 Å². The number of furan rings is 1. The van der Waals surface area contributed by atoms with Gasteiger partial charge in [-0.2, -0.15) is 0 Å². The lowest BCUT2D eigenvalue weighted by atomic mass is 9.82. The van der Waals surface area contributed by atoms with Gasteiger partial charge in [0.15, 0.2) is 5.76 Å². The number of halogens is 1. The van der Waals surface area contributed by atoms with Crippen molar-refractivity contribution in [2.45, 2.75) is 20.0 Å². The Kier molecular flexibility index (Phi) is 4.37. The van der Waals surface area contributed by atoms with E-state index in [1.54, 1.807) is 24.3 Å². The van der Waals surface area contributed by atoms with Gasteiger partial charge in [0.05, 0.1) is 17.0 Å². The topological polar surface area (TPSA) is 83.6 Å². The molecular weight excluding hydrogens is 378 g/mol. The minimum absolute atomic E-state index is 0.519. The van der Waals surface area contributed by atoms with Crippen LogP contribution in [0.25, 0.3) is 33.3 Å². The third kappa shape index (κ3) is 3.13. The van der Waals surface area contributed by atoms with Crippen molar-refractivity contribution < 1.29 is 19.4 Å². The summed E-state index contributed by atoms with van der Waals surface area (Å²) in [5, 5.41) is 22.2. The highest BCUT2D eigenvalue weighted by atomic mass is 35.5. The third-order valence-electron chi connectivity index (χ3n) is 5.00. The number of hydrogen-bond donors (Lipinski definition) is 2. The molecule has 0 aliphatic rings. The highest BCUT2D eigenvalue weighted by Gasteiger charge is 2.36.